The Balaban J connectivity index is 3.31. The second-order valence-electron chi connectivity index (χ2n) is 3.57. The summed E-state index contributed by atoms with van der Waals surface area (Å²) in [5.41, 5.74) is 1.55. The predicted molar refractivity (Wildman–Crippen MR) is 63.1 cm³/mol. The van der Waals surface area contributed by atoms with Crippen molar-refractivity contribution in [1.82, 2.24) is 0 Å². The number of hydrogen-bond acceptors (Lipinski definition) is 4. The van der Waals surface area contributed by atoms with Crippen LogP contribution in [0.1, 0.15) is 16.7 Å². The van der Waals surface area contributed by atoms with Gasteiger partial charge in [0.25, 0.3) is 5.69 Å². The van der Waals surface area contributed by atoms with Crippen molar-refractivity contribution >= 4 is 23.3 Å². The number of methoxy groups -OCH3 is 1. The van der Waals surface area contributed by atoms with Crippen LogP contribution in [0.3, 0.4) is 0 Å². The molecule has 17 heavy (non-hydrogen) atoms. The van der Waals surface area contributed by atoms with E-state index in [1.807, 2.05) is 0 Å². The van der Waals surface area contributed by atoms with Crippen LogP contribution in [0.4, 0.5) is 5.69 Å². The summed E-state index contributed by atoms with van der Waals surface area (Å²) in [6.07, 6.45) is -0.144. The number of nitro groups is 1. The molecule has 0 heterocycles. The Bertz CT molecular complexity index is 459. The van der Waals surface area contributed by atoms with Crippen LogP contribution < -0.4 is 0 Å². The quantitative estimate of drug-likeness (QED) is 0.359. The summed E-state index contributed by atoms with van der Waals surface area (Å²) in [4.78, 5) is 21.6. The number of hydrogen-bond donors (Lipinski definition) is 0. The molecule has 0 bridgehead atoms. The number of alkyl halides is 1. The number of aryl methyl sites for hydroxylation is 1. The van der Waals surface area contributed by atoms with E-state index in [0.29, 0.717) is 11.1 Å². The summed E-state index contributed by atoms with van der Waals surface area (Å²) in [7, 11) is 1.24. The van der Waals surface area contributed by atoms with E-state index in [0.717, 1.165) is 5.56 Å². The number of halogens is 1. The van der Waals surface area contributed by atoms with Gasteiger partial charge in [-0.2, -0.15) is 0 Å². The molecule has 0 radical (unpaired) electrons. The molecule has 0 spiro atoms. The van der Waals surface area contributed by atoms with Crippen molar-refractivity contribution in [3.05, 3.63) is 38.9 Å². The van der Waals surface area contributed by atoms with Gasteiger partial charge < -0.3 is 4.74 Å². The van der Waals surface area contributed by atoms with E-state index in [4.69, 9.17) is 11.6 Å². The Kier molecular flexibility index (Phi) is 4.45. The van der Waals surface area contributed by atoms with Gasteiger partial charge in [0.2, 0.25) is 0 Å². The van der Waals surface area contributed by atoms with Crippen LogP contribution in [-0.2, 0) is 21.8 Å². The molecular weight excluding hydrogens is 246 g/mol. The number of nitro benzene ring substituents is 1. The van der Waals surface area contributed by atoms with E-state index in [1.54, 1.807) is 13.0 Å². The highest BCUT2D eigenvalue weighted by molar-refractivity contribution is 6.17. The summed E-state index contributed by atoms with van der Waals surface area (Å²) >= 11 is 5.73. The van der Waals surface area contributed by atoms with Gasteiger partial charge in [-0.15, -0.1) is 11.6 Å². The van der Waals surface area contributed by atoms with E-state index in [2.05, 4.69) is 4.74 Å². The Hall–Kier alpha value is -1.62. The van der Waals surface area contributed by atoms with Crippen molar-refractivity contribution in [2.24, 2.45) is 0 Å². The highest BCUT2D eigenvalue weighted by Gasteiger charge is 2.21. The molecule has 0 atom stereocenters. The standard InChI is InChI=1S/C11H12ClNO4/c1-7-3-8(6-12)9(5-11(14)17-2)10(4-7)13(15)16/h3-4H,5-6H2,1-2H3. The largest absolute Gasteiger partial charge is 0.469 e. The SMILES string of the molecule is COC(=O)Cc1c(CCl)cc(C)cc1[N+](=O)[O-]. The van der Waals surface area contributed by atoms with E-state index in [1.165, 1.54) is 13.2 Å². The van der Waals surface area contributed by atoms with Gasteiger partial charge in [-0.25, -0.2) is 0 Å². The fourth-order valence-corrected chi connectivity index (χ4v) is 1.81. The molecular formula is C11H12ClNO4. The maximum absolute atomic E-state index is 11.2. The number of carbonyl (C=O) groups excluding carboxylic acids is 1. The molecule has 5 nitrogen and oxygen atoms in total. The second kappa shape index (κ2) is 5.63. The molecule has 6 heteroatoms. The highest BCUT2D eigenvalue weighted by Crippen LogP contribution is 2.26. The highest BCUT2D eigenvalue weighted by atomic mass is 35.5. The second-order valence-corrected chi connectivity index (χ2v) is 3.83. The van der Waals surface area contributed by atoms with Crippen molar-refractivity contribution in [3.8, 4) is 0 Å². The van der Waals surface area contributed by atoms with Crippen LogP contribution in [0, 0.1) is 17.0 Å². The third-order valence-corrected chi connectivity index (χ3v) is 2.64. The number of rotatable bonds is 4. The lowest BCUT2D eigenvalue weighted by atomic mass is 10.0. The zero-order chi connectivity index (χ0) is 13.0. The number of carbonyl (C=O) groups is 1. The van der Waals surface area contributed by atoms with Gasteiger partial charge in [0.15, 0.2) is 0 Å². The molecule has 0 aliphatic rings. The van der Waals surface area contributed by atoms with Crippen molar-refractivity contribution in [1.29, 1.82) is 0 Å². The maximum atomic E-state index is 11.2. The Morgan fingerprint density at radius 2 is 2.18 bits per heavy atom. The summed E-state index contributed by atoms with van der Waals surface area (Å²) < 4.78 is 4.51. The van der Waals surface area contributed by atoms with Gasteiger partial charge in [0.05, 0.1) is 18.5 Å². The zero-order valence-corrected chi connectivity index (χ0v) is 10.3. The van der Waals surface area contributed by atoms with Crippen LogP contribution in [0.2, 0.25) is 0 Å². The maximum Gasteiger partial charge on any atom is 0.310 e. The van der Waals surface area contributed by atoms with Crippen LogP contribution >= 0.6 is 11.6 Å². The molecule has 0 fully saturated rings. The topological polar surface area (TPSA) is 69.4 Å². The van der Waals surface area contributed by atoms with Crippen molar-refractivity contribution < 1.29 is 14.5 Å². The lowest BCUT2D eigenvalue weighted by Crippen LogP contribution is -2.09. The van der Waals surface area contributed by atoms with E-state index >= 15 is 0 Å². The van der Waals surface area contributed by atoms with Crippen LogP contribution in [0.25, 0.3) is 0 Å². The van der Waals surface area contributed by atoms with Gasteiger partial charge in [-0.1, -0.05) is 6.07 Å². The molecule has 0 unspecified atom stereocenters. The summed E-state index contributed by atoms with van der Waals surface area (Å²) in [5.74, 6) is -0.405. The van der Waals surface area contributed by atoms with Crippen LogP contribution in [0.5, 0.6) is 0 Å². The van der Waals surface area contributed by atoms with Gasteiger partial charge in [-0.05, 0) is 18.1 Å². The number of esters is 1. The van der Waals surface area contributed by atoms with E-state index < -0.39 is 10.9 Å². The van der Waals surface area contributed by atoms with Crippen molar-refractivity contribution in [3.63, 3.8) is 0 Å². The Morgan fingerprint density at radius 3 is 2.65 bits per heavy atom. The number of ether oxygens (including phenoxy) is 1. The lowest BCUT2D eigenvalue weighted by molar-refractivity contribution is -0.385. The molecule has 0 N–H and O–H groups in total. The zero-order valence-electron chi connectivity index (χ0n) is 9.53. The minimum Gasteiger partial charge on any atom is -0.469 e. The van der Waals surface area contributed by atoms with E-state index in [-0.39, 0.29) is 18.0 Å². The first-order chi connectivity index (χ1) is 7.99. The fourth-order valence-electron chi connectivity index (χ4n) is 1.57. The summed E-state index contributed by atoms with van der Waals surface area (Å²) in [6.45, 7) is 1.74. The molecule has 0 aliphatic heterocycles. The molecule has 1 rings (SSSR count). The first kappa shape index (κ1) is 13.4. The third-order valence-electron chi connectivity index (χ3n) is 2.35. The predicted octanol–water partition coefficient (Wildman–Crippen LogP) is 2.36. The third kappa shape index (κ3) is 3.17. The monoisotopic (exact) mass is 257 g/mol. The fraction of sp³-hybridized carbons (Fsp3) is 0.364. The lowest BCUT2D eigenvalue weighted by Gasteiger charge is -2.08. The molecule has 0 aliphatic carbocycles. The van der Waals surface area contributed by atoms with Gasteiger partial charge >= 0.3 is 5.97 Å². The average molecular weight is 258 g/mol. The first-order valence-corrected chi connectivity index (χ1v) is 5.42. The first-order valence-electron chi connectivity index (χ1n) is 4.89. The number of benzene rings is 1. The number of nitrogens with zero attached hydrogens (tertiary/aromatic N) is 1. The molecule has 1 aromatic carbocycles. The van der Waals surface area contributed by atoms with Gasteiger partial charge in [0, 0.05) is 17.5 Å². The van der Waals surface area contributed by atoms with Gasteiger partial charge in [0.1, 0.15) is 0 Å². The average Bonchev–Trinajstić information content (AvgIpc) is 2.30. The van der Waals surface area contributed by atoms with Gasteiger partial charge in [-0.3, -0.25) is 14.9 Å². The minimum absolute atomic E-state index is 0.0916. The molecule has 1 aromatic rings. The van der Waals surface area contributed by atoms with E-state index in [9.17, 15) is 14.9 Å². The molecule has 0 saturated carbocycles. The minimum atomic E-state index is -0.525. The Morgan fingerprint density at radius 1 is 1.53 bits per heavy atom. The summed E-state index contributed by atoms with van der Waals surface area (Å²) in [5, 5.41) is 10.9. The molecule has 92 valence electrons. The van der Waals surface area contributed by atoms with Crippen LogP contribution in [-0.4, -0.2) is 18.0 Å². The van der Waals surface area contributed by atoms with Crippen molar-refractivity contribution in [2.45, 2.75) is 19.2 Å². The van der Waals surface area contributed by atoms with Crippen LogP contribution in [0.15, 0.2) is 12.1 Å². The molecule has 0 amide bonds. The Labute approximate surface area is 103 Å². The molecule has 0 saturated heterocycles. The smallest absolute Gasteiger partial charge is 0.310 e. The van der Waals surface area contributed by atoms with Crippen molar-refractivity contribution in [2.75, 3.05) is 7.11 Å². The summed E-state index contributed by atoms with van der Waals surface area (Å²) in [6, 6.07) is 3.16. The molecule has 0 aromatic heterocycles. The normalized spacial score (nSPS) is 10.1.